The van der Waals surface area contributed by atoms with Crippen molar-refractivity contribution < 1.29 is 14.3 Å². The number of halogens is 1. The number of carbonyl (C=O) groups is 2. The van der Waals surface area contributed by atoms with Gasteiger partial charge < -0.3 is 15.0 Å². The van der Waals surface area contributed by atoms with E-state index in [0.717, 1.165) is 22.4 Å². The molecule has 0 aliphatic carbocycles. The normalized spacial score (nSPS) is 16.4. The molecule has 0 saturated carbocycles. The molecule has 1 N–H and O–H groups in total. The number of rotatable bonds is 8. The van der Waals surface area contributed by atoms with Crippen LogP contribution in [0, 0.1) is 0 Å². The molecule has 176 valence electrons. The minimum Gasteiger partial charge on any atom is -0.494 e. The molecule has 2 atom stereocenters. The summed E-state index contributed by atoms with van der Waals surface area (Å²) in [4.78, 5) is 27.2. The third-order valence-electron chi connectivity index (χ3n) is 5.73. The maximum absolute atomic E-state index is 12.8. The fourth-order valence-corrected chi connectivity index (χ4v) is 5.18. The largest absolute Gasteiger partial charge is 0.494 e. The van der Waals surface area contributed by atoms with Gasteiger partial charge >= 0.3 is 0 Å². The van der Waals surface area contributed by atoms with Crippen LogP contribution in [0.3, 0.4) is 0 Å². The lowest BCUT2D eigenvalue weighted by atomic mass is 10.1. The summed E-state index contributed by atoms with van der Waals surface area (Å²) in [5.74, 6) is 1.23. The van der Waals surface area contributed by atoms with Crippen molar-refractivity contribution in [2.24, 2.45) is 0 Å². The van der Waals surface area contributed by atoms with Gasteiger partial charge in [0.25, 0.3) is 5.91 Å². The molecule has 3 aromatic carbocycles. The molecule has 0 spiro atoms. The second-order valence-corrected chi connectivity index (χ2v) is 9.64. The van der Waals surface area contributed by atoms with Gasteiger partial charge in [0.1, 0.15) is 11.1 Å². The highest BCUT2D eigenvalue weighted by Gasteiger charge is 2.32. The molecule has 5 nitrogen and oxygen atoms in total. The zero-order valence-electron chi connectivity index (χ0n) is 19.2. The number of nitrogens with zero attached hydrogens (tertiary/aromatic N) is 1. The topological polar surface area (TPSA) is 58.6 Å². The first-order chi connectivity index (χ1) is 16.4. The predicted molar refractivity (Wildman–Crippen MR) is 137 cm³/mol. The molecule has 7 heteroatoms. The molecule has 1 saturated heterocycles. The molecule has 3 aromatic rings. The molecular weight excluding hydrogens is 468 g/mol. The van der Waals surface area contributed by atoms with Crippen LogP contribution in [0.5, 0.6) is 5.75 Å². The number of hydrogen-bond acceptors (Lipinski definition) is 4. The summed E-state index contributed by atoms with van der Waals surface area (Å²) in [5, 5.41) is 3.64. The fraction of sp³-hybridized carbons (Fsp3) is 0.259. The van der Waals surface area contributed by atoms with Crippen molar-refractivity contribution >= 4 is 35.2 Å². The van der Waals surface area contributed by atoms with Gasteiger partial charge in [0.2, 0.25) is 5.91 Å². The molecule has 1 aliphatic rings. The Hall–Kier alpha value is -2.96. The standard InChI is InChI=1S/C27H27ClN2O3S/c1-3-33-24-14-10-20(11-15-24)18(2)29-26(32)21-6-8-22(9-7-21)27-30(25(31)17-34-27)16-19-4-12-23(28)13-5-19/h4-15,18,27H,3,16-17H2,1-2H3,(H,29,32)/t18-,27+/m1/s1. The number of carbonyl (C=O) groups excluding carboxylic acids is 2. The van der Waals surface area contributed by atoms with Crippen LogP contribution in [0.25, 0.3) is 0 Å². The molecular formula is C27H27ClN2O3S. The average Bonchev–Trinajstić information content (AvgIpc) is 3.21. The lowest BCUT2D eigenvalue weighted by Crippen LogP contribution is -2.28. The summed E-state index contributed by atoms with van der Waals surface area (Å²) in [6, 6.07) is 22.7. The Labute approximate surface area is 209 Å². The van der Waals surface area contributed by atoms with Crippen LogP contribution in [0.15, 0.2) is 72.8 Å². The minimum absolute atomic E-state index is 0.0805. The molecule has 1 fully saturated rings. The highest BCUT2D eigenvalue weighted by molar-refractivity contribution is 8.00. The van der Waals surface area contributed by atoms with Crippen LogP contribution in [0.2, 0.25) is 5.02 Å². The van der Waals surface area contributed by atoms with Gasteiger partial charge in [0, 0.05) is 17.1 Å². The molecule has 0 unspecified atom stereocenters. The molecule has 1 heterocycles. The predicted octanol–water partition coefficient (Wildman–Crippen LogP) is 6.00. The summed E-state index contributed by atoms with van der Waals surface area (Å²) in [7, 11) is 0. The third-order valence-corrected chi connectivity index (χ3v) is 7.24. The summed E-state index contributed by atoms with van der Waals surface area (Å²) in [5.41, 5.74) is 3.62. The van der Waals surface area contributed by atoms with Gasteiger partial charge in [-0.25, -0.2) is 0 Å². The lowest BCUT2D eigenvalue weighted by molar-refractivity contribution is -0.128. The van der Waals surface area contributed by atoms with E-state index in [1.165, 1.54) is 0 Å². The summed E-state index contributed by atoms with van der Waals surface area (Å²) in [6.07, 6.45) is 0. The van der Waals surface area contributed by atoms with Crippen molar-refractivity contribution in [1.29, 1.82) is 0 Å². The first kappa shape index (κ1) is 24.2. The fourth-order valence-electron chi connectivity index (χ4n) is 3.87. The van der Waals surface area contributed by atoms with Crippen LogP contribution >= 0.6 is 23.4 Å². The van der Waals surface area contributed by atoms with E-state index in [2.05, 4.69) is 5.32 Å². The molecule has 0 radical (unpaired) electrons. The molecule has 34 heavy (non-hydrogen) atoms. The van der Waals surface area contributed by atoms with Gasteiger partial charge in [-0.15, -0.1) is 11.8 Å². The van der Waals surface area contributed by atoms with Gasteiger partial charge in [0.05, 0.1) is 18.4 Å². The Morgan fingerprint density at radius 3 is 2.41 bits per heavy atom. The number of thioether (sulfide) groups is 1. The minimum atomic E-state index is -0.138. The summed E-state index contributed by atoms with van der Waals surface area (Å²) >= 11 is 7.58. The van der Waals surface area contributed by atoms with Gasteiger partial charge in [-0.1, -0.05) is 48.0 Å². The van der Waals surface area contributed by atoms with E-state index in [-0.39, 0.29) is 23.2 Å². The van der Waals surface area contributed by atoms with Gasteiger partial charge in [-0.05, 0) is 66.9 Å². The van der Waals surface area contributed by atoms with E-state index in [9.17, 15) is 9.59 Å². The van der Waals surface area contributed by atoms with E-state index >= 15 is 0 Å². The van der Waals surface area contributed by atoms with E-state index in [1.54, 1.807) is 11.8 Å². The van der Waals surface area contributed by atoms with Crippen molar-refractivity contribution in [3.63, 3.8) is 0 Å². The van der Waals surface area contributed by atoms with E-state index in [0.29, 0.717) is 29.5 Å². The molecule has 0 bridgehead atoms. The number of benzene rings is 3. The Morgan fingerprint density at radius 1 is 1.09 bits per heavy atom. The second-order valence-electron chi connectivity index (χ2n) is 8.13. The number of ether oxygens (including phenoxy) is 1. The van der Waals surface area contributed by atoms with E-state index in [1.807, 2.05) is 91.5 Å². The monoisotopic (exact) mass is 494 g/mol. The number of amides is 2. The quantitative estimate of drug-likeness (QED) is 0.417. The zero-order valence-corrected chi connectivity index (χ0v) is 20.7. The Morgan fingerprint density at radius 2 is 1.76 bits per heavy atom. The number of hydrogen-bond donors (Lipinski definition) is 1. The first-order valence-corrected chi connectivity index (χ1v) is 12.7. The Kier molecular flexibility index (Phi) is 7.80. The van der Waals surface area contributed by atoms with Crippen molar-refractivity contribution in [3.05, 3.63) is 100 Å². The van der Waals surface area contributed by atoms with E-state index in [4.69, 9.17) is 16.3 Å². The maximum Gasteiger partial charge on any atom is 0.251 e. The van der Waals surface area contributed by atoms with Crippen molar-refractivity contribution in [2.45, 2.75) is 31.8 Å². The average molecular weight is 495 g/mol. The Bertz CT molecular complexity index is 1130. The SMILES string of the molecule is CCOc1ccc([C@@H](C)NC(=O)c2ccc([C@@H]3SCC(=O)N3Cc3ccc(Cl)cc3)cc2)cc1. The second kappa shape index (κ2) is 11.0. The third kappa shape index (κ3) is 5.75. The summed E-state index contributed by atoms with van der Waals surface area (Å²) in [6.45, 7) is 5.05. The van der Waals surface area contributed by atoms with Gasteiger partial charge in [-0.2, -0.15) is 0 Å². The van der Waals surface area contributed by atoms with Crippen molar-refractivity contribution in [3.8, 4) is 5.75 Å². The van der Waals surface area contributed by atoms with Gasteiger partial charge in [0.15, 0.2) is 0 Å². The van der Waals surface area contributed by atoms with Crippen LogP contribution in [-0.4, -0.2) is 29.1 Å². The highest BCUT2D eigenvalue weighted by Crippen LogP contribution is 2.39. The molecule has 4 rings (SSSR count). The molecule has 2 amide bonds. The van der Waals surface area contributed by atoms with Crippen molar-refractivity contribution in [2.75, 3.05) is 12.4 Å². The Balaban J connectivity index is 1.40. The highest BCUT2D eigenvalue weighted by atomic mass is 35.5. The van der Waals surface area contributed by atoms with Crippen LogP contribution < -0.4 is 10.1 Å². The lowest BCUT2D eigenvalue weighted by Gasteiger charge is -2.24. The zero-order chi connectivity index (χ0) is 24.1. The maximum atomic E-state index is 12.8. The van der Waals surface area contributed by atoms with Crippen LogP contribution in [-0.2, 0) is 11.3 Å². The van der Waals surface area contributed by atoms with Crippen molar-refractivity contribution in [1.82, 2.24) is 10.2 Å². The van der Waals surface area contributed by atoms with Gasteiger partial charge in [-0.3, -0.25) is 9.59 Å². The first-order valence-electron chi connectivity index (χ1n) is 11.2. The van der Waals surface area contributed by atoms with Crippen LogP contribution in [0.1, 0.15) is 52.3 Å². The number of nitrogens with one attached hydrogen (secondary N) is 1. The summed E-state index contributed by atoms with van der Waals surface area (Å²) < 4.78 is 5.48. The van der Waals surface area contributed by atoms with Crippen LogP contribution in [0.4, 0.5) is 0 Å². The molecule has 0 aromatic heterocycles. The smallest absolute Gasteiger partial charge is 0.251 e. The molecule has 1 aliphatic heterocycles. The van der Waals surface area contributed by atoms with E-state index < -0.39 is 0 Å².